The van der Waals surface area contributed by atoms with Crippen molar-refractivity contribution in [3.8, 4) is 5.75 Å². The van der Waals surface area contributed by atoms with Crippen LogP contribution in [0.2, 0.25) is 0 Å². The molecule has 0 saturated carbocycles. The van der Waals surface area contributed by atoms with E-state index >= 15 is 0 Å². The quantitative estimate of drug-likeness (QED) is 0.188. The van der Waals surface area contributed by atoms with Crippen LogP contribution in [-0.4, -0.2) is 40.6 Å². The van der Waals surface area contributed by atoms with Crippen LogP contribution in [0.25, 0.3) is 0 Å². The number of benzene rings is 3. The summed E-state index contributed by atoms with van der Waals surface area (Å²) in [5.41, 5.74) is 4.10. The van der Waals surface area contributed by atoms with Gasteiger partial charge in [-0.3, -0.25) is 4.90 Å². The van der Waals surface area contributed by atoms with Crippen molar-refractivity contribution in [2.45, 2.75) is 65.3 Å². The third-order valence-corrected chi connectivity index (χ3v) is 6.63. The molecule has 206 valence electrons. The topological polar surface area (TPSA) is 76.1 Å². The van der Waals surface area contributed by atoms with Crippen molar-refractivity contribution in [3.63, 3.8) is 0 Å². The summed E-state index contributed by atoms with van der Waals surface area (Å²) < 4.78 is 11.7. The van der Waals surface area contributed by atoms with Crippen molar-refractivity contribution >= 4 is 11.9 Å². The molecule has 0 spiro atoms. The van der Waals surface area contributed by atoms with Gasteiger partial charge in [0.25, 0.3) is 0 Å². The van der Waals surface area contributed by atoms with Gasteiger partial charge in [-0.2, -0.15) is 0 Å². The predicted octanol–water partition coefficient (Wildman–Crippen LogP) is 6.59. The van der Waals surface area contributed by atoms with Gasteiger partial charge in [-0.1, -0.05) is 66.7 Å². The van der Waals surface area contributed by atoms with Crippen molar-refractivity contribution in [3.05, 3.63) is 113 Å². The summed E-state index contributed by atoms with van der Waals surface area (Å²) in [5, 5.41) is 8.76. The van der Waals surface area contributed by atoms with Crippen molar-refractivity contribution < 1.29 is 24.2 Å². The van der Waals surface area contributed by atoms with Crippen LogP contribution < -0.4 is 4.74 Å². The Morgan fingerprint density at radius 3 is 2.08 bits per heavy atom. The minimum atomic E-state index is -1.20. The van der Waals surface area contributed by atoms with E-state index in [4.69, 9.17) is 14.6 Å². The van der Waals surface area contributed by atoms with Gasteiger partial charge in [-0.25, -0.2) is 9.59 Å². The summed E-state index contributed by atoms with van der Waals surface area (Å²) in [7, 11) is 0. The van der Waals surface area contributed by atoms with E-state index in [0.29, 0.717) is 18.7 Å². The average Bonchev–Trinajstić information content (AvgIpc) is 2.93. The van der Waals surface area contributed by atoms with Crippen molar-refractivity contribution in [2.75, 3.05) is 6.54 Å². The molecule has 6 nitrogen and oxygen atoms in total. The van der Waals surface area contributed by atoms with Crippen LogP contribution in [0.15, 0.2) is 91.0 Å². The Morgan fingerprint density at radius 1 is 0.821 bits per heavy atom. The lowest BCUT2D eigenvalue weighted by molar-refractivity contribution is -0.139. The Labute approximate surface area is 231 Å². The van der Waals surface area contributed by atoms with Crippen LogP contribution in [0.5, 0.6) is 5.75 Å². The molecule has 0 aliphatic heterocycles. The fourth-order valence-corrected chi connectivity index (χ4v) is 4.75. The Bertz CT molecular complexity index is 1210. The van der Waals surface area contributed by atoms with Gasteiger partial charge in [0.2, 0.25) is 0 Å². The zero-order valence-corrected chi connectivity index (χ0v) is 23.2. The largest absolute Gasteiger partial charge is 0.489 e. The first-order valence-corrected chi connectivity index (χ1v) is 13.4. The Balaban J connectivity index is 1.95. The normalized spacial score (nSPS) is 12.3. The standard InChI is InChI=1S/C33H39NO5/c1-24(2)34(25(3)4)20-19-29(28-13-9-6-10-14-28)30-21-27(23-39-33(37)18-17-32(35)36)15-16-31(30)38-22-26-11-7-5-8-12-26/h5-18,21,24-25,29H,19-20,22-23H2,1-4H3,(H,35,36)/b18-17+. The lowest BCUT2D eigenvalue weighted by atomic mass is 9.86. The average molecular weight is 530 g/mol. The fourth-order valence-electron chi connectivity index (χ4n) is 4.75. The molecular formula is C33H39NO5. The predicted molar refractivity (Wildman–Crippen MR) is 154 cm³/mol. The number of esters is 1. The molecule has 1 N–H and O–H groups in total. The lowest BCUT2D eigenvalue weighted by Gasteiger charge is -2.32. The molecular weight excluding hydrogens is 490 g/mol. The molecule has 1 atom stereocenters. The Kier molecular flexibility index (Phi) is 11.3. The second-order valence-corrected chi connectivity index (χ2v) is 10.1. The number of hydrogen-bond donors (Lipinski definition) is 1. The van der Waals surface area contributed by atoms with E-state index in [0.717, 1.165) is 47.6 Å². The van der Waals surface area contributed by atoms with E-state index in [9.17, 15) is 9.59 Å². The first kappa shape index (κ1) is 29.7. The van der Waals surface area contributed by atoms with Gasteiger partial charge in [0.15, 0.2) is 0 Å². The van der Waals surface area contributed by atoms with Crippen LogP contribution in [0.4, 0.5) is 0 Å². The van der Waals surface area contributed by atoms with Gasteiger partial charge >= 0.3 is 11.9 Å². The molecule has 3 aromatic carbocycles. The van der Waals surface area contributed by atoms with E-state index in [1.165, 1.54) is 5.56 Å². The van der Waals surface area contributed by atoms with Gasteiger partial charge in [-0.05, 0) is 69.5 Å². The molecule has 0 aliphatic carbocycles. The number of carboxylic acids is 1. The number of rotatable bonds is 14. The maximum absolute atomic E-state index is 12.0. The summed E-state index contributed by atoms with van der Waals surface area (Å²) >= 11 is 0. The highest BCUT2D eigenvalue weighted by molar-refractivity contribution is 5.90. The highest BCUT2D eigenvalue weighted by atomic mass is 16.5. The first-order chi connectivity index (χ1) is 18.7. The molecule has 6 heteroatoms. The van der Waals surface area contributed by atoms with Gasteiger partial charge < -0.3 is 14.6 Å². The molecule has 1 unspecified atom stereocenters. The number of hydrogen-bond acceptors (Lipinski definition) is 5. The zero-order chi connectivity index (χ0) is 28.2. The van der Waals surface area contributed by atoms with Crippen molar-refractivity contribution in [2.24, 2.45) is 0 Å². The number of carbonyl (C=O) groups excluding carboxylic acids is 1. The molecule has 0 fully saturated rings. The summed E-state index contributed by atoms with van der Waals surface area (Å²) in [4.78, 5) is 25.2. The van der Waals surface area contributed by atoms with Gasteiger partial charge in [0, 0.05) is 35.7 Å². The van der Waals surface area contributed by atoms with E-state index < -0.39 is 11.9 Å². The molecule has 0 bridgehead atoms. The fraction of sp³-hybridized carbons (Fsp3) is 0.333. The van der Waals surface area contributed by atoms with E-state index in [1.807, 2.05) is 54.6 Å². The minimum absolute atomic E-state index is 0.0282. The number of nitrogens with zero attached hydrogens (tertiary/aromatic N) is 1. The minimum Gasteiger partial charge on any atom is -0.489 e. The summed E-state index contributed by atoms with van der Waals surface area (Å²) in [6.07, 6.45) is 2.57. The lowest BCUT2D eigenvalue weighted by Crippen LogP contribution is -2.38. The summed E-state index contributed by atoms with van der Waals surface area (Å²) in [5.74, 6) is -1.06. The van der Waals surface area contributed by atoms with Crippen LogP contribution in [0, 0.1) is 0 Å². The highest BCUT2D eigenvalue weighted by Crippen LogP contribution is 2.36. The molecule has 0 amide bonds. The maximum atomic E-state index is 12.0. The van der Waals surface area contributed by atoms with Gasteiger partial charge in [0.05, 0.1) is 0 Å². The van der Waals surface area contributed by atoms with Gasteiger partial charge in [-0.15, -0.1) is 0 Å². The molecule has 3 aromatic rings. The number of carboxylic acid groups (broad SMARTS) is 1. The Morgan fingerprint density at radius 2 is 1.46 bits per heavy atom. The molecule has 0 radical (unpaired) electrons. The van der Waals surface area contributed by atoms with E-state index in [1.54, 1.807) is 0 Å². The third-order valence-electron chi connectivity index (χ3n) is 6.63. The third kappa shape index (κ3) is 9.41. The zero-order valence-electron chi connectivity index (χ0n) is 23.2. The second-order valence-electron chi connectivity index (χ2n) is 10.1. The Hall–Kier alpha value is -3.90. The van der Waals surface area contributed by atoms with Gasteiger partial charge in [0.1, 0.15) is 19.0 Å². The molecule has 0 aromatic heterocycles. The maximum Gasteiger partial charge on any atom is 0.331 e. The second kappa shape index (κ2) is 14.9. The first-order valence-electron chi connectivity index (χ1n) is 13.4. The van der Waals surface area contributed by atoms with E-state index in [2.05, 4.69) is 56.9 Å². The SMILES string of the molecule is CC(C)N(CCC(c1ccccc1)c1cc(COC(=O)/C=C/C(=O)O)ccc1OCc1ccccc1)C(C)C. The highest BCUT2D eigenvalue weighted by Gasteiger charge is 2.22. The summed E-state index contributed by atoms with van der Waals surface area (Å²) in [6, 6.07) is 27.2. The molecule has 0 aliphatic rings. The monoisotopic (exact) mass is 529 g/mol. The smallest absolute Gasteiger partial charge is 0.331 e. The van der Waals surface area contributed by atoms with Crippen molar-refractivity contribution in [1.29, 1.82) is 0 Å². The number of ether oxygens (including phenoxy) is 2. The molecule has 39 heavy (non-hydrogen) atoms. The van der Waals surface area contributed by atoms with Crippen LogP contribution in [0.1, 0.15) is 62.3 Å². The van der Waals surface area contributed by atoms with Crippen LogP contribution in [0.3, 0.4) is 0 Å². The molecule has 0 saturated heterocycles. The molecule has 0 heterocycles. The van der Waals surface area contributed by atoms with Crippen LogP contribution >= 0.6 is 0 Å². The number of aliphatic carboxylic acids is 1. The van der Waals surface area contributed by atoms with Crippen molar-refractivity contribution in [1.82, 2.24) is 4.90 Å². The molecule has 3 rings (SSSR count). The van der Waals surface area contributed by atoms with E-state index in [-0.39, 0.29) is 12.5 Å². The number of carbonyl (C=O) groups is 2. The summed E-state index contributed by atoms with van der Waals surface area (Å²) in [6.45, 7) is 10.3. The van der Waals surface area contributed by atoms with Crippen LogP contribution in [-0.2, 0) is 27.5 Å².